The normalized spacial score (nSPS) is 11.8. The van der Waals surface area contributed by atoms with Gasteiger partial charge in [-0.05, 0) is 49.1 Å². The first-order chi connectivity index (χ1) is 10.5. The number of nitrogen functional groups attached to an aromatic ring is 1. The van der Waals surface area contributed by atoms with Crippen molar-refractivity contribution in [2.45, 2.75) is 47.0 Å². The molecule has 0 heterocycles. The van der Waals surface area contributed by atoms with E-state index in [1.165, 1.54) is 5.56 Å². The average molecular weight is 295 g/mol. The van der Waals surface area contributed by atoms with Crippen LogP contribution in [0.15, 0.2) is 41.5 Å². The highest BCUT2D eigenvalue weighted by Gasteiger charge is 1.99. The number of ketones is 1. The van der Waals surface area contributed by atoms with Crippen molar-refractivity contribution < 1.29 is 4.79 Å². The van der Waals surface area contributed by atoms with Crippen LogP contribution in [-0.4, -0.2) is 5.78 Å². The van der Waals surface area contributed by atoms with Gasteiger partial charge in [0.15, 0.2) is 5.78 Å². The van der Waals surface area contributed by atoms with Crippen molar-refractivity contribution in [2.24, 2.45) is 0 Å². The maximum atomic E-state index is 11.5. The van der Waals surface area contributed by atoms with Crippen LogP contribution < -0.4 is 5.73 Å². The summed E-state index contributed by atoms with van der Waals surface area (Å²) >= 11 is 0. The third-order valence-electron chi connectivity index (χ3n) is 3.39. The summed E-state index contributed by atoms with van der Waals surface area (Å²) in [5.74, 6) is 6.33. The average Bonchev–Trinajstić information content (AvgIpc) is 2.51. The number of anilines is 1. The Morgan fingerprint density at radius 1 is 1.23 bits per heavy atom. The molecule has 0 aliphatic rings. The SMILES string of the molecule is CCCc1ccc(C#C/C(C)=C/C=C(\C)C(=O)CC)c(N)c1. The van der Waals surface area contributed by atoms with E-state index in [0.717, 1.165) is 35.2 Å². The summed E-state index contributed by atoms with van der Waals surface area (Å²) in [6.45, 7) is 7.76. The van der Waals surface area contributed by atoms with Gasteiger partial charge in [0, 0.05) is 17.7 Å². The molecular weight excluding hydrogens is 270 g/mol. The molecule has 0 amide bonds. The van der Waals surface area contributed by atoms with Crippen LogP contribution in [0.2, 0.25) is 0 Å². The van der Waals surface area contributed by atoms with Gasteiger partial charge >= 0.3 is 0 Å². The van der Waals surface area contributed by atoms with Crippen LogP contribution in [0.1, 0.15) is 51.7 Å². The molecule has 1 aromatic rings. The van der Waals surface area contributed by atoms with Crippen LogP contribution in [0.4, 0.5) is 5.69 Å². The number of benzene rings is 1. The monoisotopic (exact) mass is 295 g/mol. The van der Waals surface area contributed by atoms with Crippen molar-refractivity contribution >= 4 is 11.5 Å². The van der Waals surface area contributed by atoms with Gasteiger partial charge in [0.2, 0.25) is 0 Å². The van der Waals surface area contributed by atoms with Gasteiger partial charge in [-0.1, -0.05) is 50.3 Å². The molecule has 0 aliphatic carbocycles. The molecular formula is C20H25NO. The van der Waals surface area contributed by atoms with Crippen LogP contribution >= 0.6 is 0 Å². The van der Waals surface area contributed by atoms with E-state index in [9.17, 15) is 4.79 Å². The van der Waals surface area contributed by atoms with Crippen molar-refractivity contribution in [1.29, 1.82) is 0 Å². The minimum Gasteiger partial charge on any atom is -0.398 e. The maximum absolute atomic E-state index is 11.5. The molecule has 0 aliphatic heterocycles. The van der Waals surface area contributed by atoms with Gasteiger partial charge in [-0.3, -0.25) is 4.79 Å². The molecule has 1 aromatic carbocycles. The Morgan fingerprint density at radius 3 is 2.55 bits per heavy atom. The molecule has 116 valence electrons. The Morgan fingerprint density at radius 2 is 1.95 bits per heavy atom. The Bertz CT molecular complexity index is 654. The predicted molar refractivity (Wildman–Crippen MR) is 94.5 cm³/mol. The fraction of sp³-hybridized carbons (Fsp3) is 0.350. The van der Waals surface area contributed by atoms with E-state index in [1.807, 2.05) is 45.1 Å². The van der Waals surface area contributed by atoms with Crippen molar-refractivity contribution in [3.05, 3.63) is 52.6 Å². The Balaban J connectivity index is 2.88. The van der Waals surface area contributed by atoms with Gasteiger partial charge in [-0.15, -0.1) is 0 Å². The zero-order valence-electron chi connectivity index (χ0n) is 14.0. The van der Waals surface area contributed by atoms with Gasteiger partial charge < -0.3 is 5.73 Å². The molecule has 0 spiro atoms. The van der Waals surface area contributed by atoms with Gasteiger partial charge in [0.05, 0.1) is 0 Å². The van der Waals surface area contributed by atoms with Crippen LogP contribution in [0, 0.1) is 11.8 Å². The van der Waals surface area contributed by atoms with Crippen molar-refractivity contribution in [2.75, 3.05) is 5.73 Å². The van der Waals surface area contributed by atoms with Crippen molar-refractivity contribution in [3.63, 3.8) is 0 Å². The summed E-state index contributed by atoms with van der Waals surface area (Å²) < 4.78 is 0. The lowest BCUT2D eigenvalue weighted by atomic mass is 10.1. The summed E-state index contributed by atoms with van der Waals surface area (Å²) in [5.41, 5.74) is 10.5. The first-order valence-electron chi connectivity index (χ1n) is 7.76. The molecule has 0 bridgehead atoms. The Labute approximate surface area is 134 Å². The highest BCUT2D eigenvalue weighted by Crippen LogP contribution is 2.14. The first-order valence-corrected chi connectivity index (χ1v) is 7.76. The van der Waals surface area contributed by atoms with Crippen molar-refractivity contribution in [3.8, 4) is 11.8 Å². The number of hydrogen-bond acceptors (Lipinski definition) is 2. The molecule has 0 aromatic heterocycles. The number of Topliss-reactive ketones (excluding diaryl/α,β-unsaturated/α-hetero) is 1. The highest BCUT2D eigenvalue weighted by atomic mass is 16.1. The minimum atomic E-state index is 0.160. The number of allylic oxidation sites excluding steroid dienone is 4. The second kappa shape index (κ2) is 8.89. The second-order valence-corrected chi connectivity index (χ2v) is 5.40. The zero-order chi connectivity index (χ0) is 16.5. The first kappa shape index (κ1) is 17.8. The molecule has 2 nitrogen and oxygen atoms in total. The number of rotatable bonds is 5. The molecule has 0 fully saturated rings. The number of nitrogens with two attached hydrogens (primary N) is 1. The zero-order valence-corrected chi connectivity index (χ0v) is 14.0. The molecule has 0 saturated heterocycles. The molecule has 0 unspecified atom stereocenters. The van der Waals surface area contributed by atoms with E-state index in [2.05, 4.69) is 24.8 Å². The predicted octanol–water partition coefficient (Wildman–Crippen LogP) is 4.44. The molecule has 1 rings (SSSR count). The van der Waals surface area contributed by atoms with E-state index in [-0.39, 0.29) is 5.78 Å². The number of carbonyl (C=O) groups excluding carboxylic acids is 1. The van der Waals surface area contributed by atoms with Crippen LogP contribution in [0.5, 0.6) is 0 Å². The van der Waals surface area contributed by atoms with E-state index in [4.69, 9.17) is 5.73 Å². The van der Waals surface area contributed by atoms with Gasteiger partial charge in [0.25, 0.3) is 0 Å². The standard InChI is InChI=1S/C20H25NO/c1-5-7-17-11-13-18(19(21)14-17)12-9-15(3)8-10-16(4)20(22)6-2/h8,10-11,13-14H,5-7,21H2,1-4H3/b15-8+,16-10+. The topological polar surface area (TPSA) is 43.1 Å². The van der Waals surface area contributed by atoms with Crippen LogP contribution in [0.3, 0.4) is 0 Å². The highest BCUT2D eigenvalue weighted by molar-refractivity contribution is 5.94. The number of carbonyl (C=O) groups is 1. The molecule has 2 N–H and O–H groups in total. The molecule has 0 radical (unpaired) electrons. The second-order valence-electron chi connectivity index (χ2n) is 5.40. The molecule has 22 heavy (non-hydrogen) atoms. The third-order valence-corrected chi connectivity index (χ3v) is 3.39. The van der Waals surface area contributed by atoms with E-state index in [0.29, 0.717) is 6.42 Å². The van der Waals surface area contributed by atoms with Crippen molar-refractivity contribution in [1.82, 2.24) is 0 Å². The summed E-state index contributed by atoms with van der Waals surface area (Å²) in [4.78, 5) is 11.5. The number of aryl methyl sites for hydroxylation is 1. The Hall–Kier alpha value is -2.27. The van der Waals surface area contributed by atoms with Crippen LogP contribution in [-0.2, 0) is 11.2 Å². The molecule has 0 atom stereocenters. The molecule has 2 heteroatoms. The smallest absolute Gasteiger partial charge is 0.158 e. The van der Waals surface area contributed by atoms with E-state index in [1.54, 1.807) is 0 Å². The van der Waals surface area contributed by atoms with E-state index >= 15 is 0 Å². The largest absolute Gasteiger partial charge is 0.398 e. The third kappa shape index (κ3) is 5.61. The fourth-order valence-corrected chi connectivity index (χ4v) is 2.00. The fourth-order valence-electron chi connectivity index (χ4n) is 2.00. The summed E-state index contributed by atoms with van der Waals surface area (Å²) in [6, 6.07) is 6.05. The number of hydrogen-bond donors (Lipinski definition) is 1. The summed E-state index contributed by atoms with van der Waals surface area (Å²) in [6.07, 6.45) is 6.36. The summed E-state index contributed by atoms with van der Waals surface area (Å²) in [7, 11) is 0. The lowest BCUT2D eigenvalue weighted by Gasteiger charge is -2.02. The van der Waals surface area contributed by atoms with Gasteiger partial charge in [-0.25, -0.2) is 0 Å². The Kier molecular flexibility index (Phi) is 7.19. The quantitative estimate of drug-likeness (QED) is 0.377. The lowest BCUT2D eigenvalue weighted by Crippen LogP contribution is -1.95. The van der Waals surface area contributed by atoms with Crippen LogP contribution in [0.25, 0.3) is 0 Å². The van der Waals surface area contributed by atoms with Gasteiger partial charge in [-0.2, -0.15) is 0 Å². The van der Waals surface area contributed by atoms with Gasteiger partial charge in [0.1, 0.15) is 0 Å². The minimum absolute atomic E-state index is 0.160. The molecule has 0 saturated carbocycles. The summed E-state index contributed by atoms with van der Waals surface area (Å²) in [5, 5.41) is 0. The maximum Gasteiger partial charge on any atom is 0.158 e. The van der Waals surface area contributed by atoms with E-state index < -0.39 is 0 Å². The lowest BCUT2D eigenvalue weighted by molar-refractivity contribution is -0.115.